The standard InChI is InChI=1S/C15H22N10O/c1-6-10(13(17)24(3)22-6)19-8-5-9(26)12(16)21-15(8)20-11-7(2)23-25(4)14(11)18/h5,10,13,19H,17-18H2,1-4H3,(H2,16,20,21). The van der Waals surface area contributed by atoms with Gasteiger partial charge in [0.25, 0.3) is 0 Å². The Morgan fingerprint density at radius 2 is 1.96 bits per heavy atom. The highest BCUT2D eigenvalue weighted by molar-refractivity contribution is 6.47. The first-order valence-electron chi connectivity index (χ1n) is 7.97. The molecule has 7 N–H and O–H groups in total. The Labute approximate surface area is 150 Å². The summed E-state index contributed by atoms with van der Waals surface area (Å²) in [5, 5.41) is 13.4. The number of dihydropyridines is 1. The number of hydrogen-bond acceptors (Lipinski definition) is 9. The van der Waals surface area contributed by atoms with Crippen LogP contribution in [0.5, 0.6) is 0 Å². The van der Waals surface area contributed by atoms with Crippen LogP contribution in [0.3, 0.4) is 0 Å². The summed E-state index contributed by atoms with van der Waals surface area (Å²) in [7, 11) is 3.50. The molecule has 0 fully saturated rings. The fourth-order valence-electron chi connectivity index (χ4n) is 2.80. The number of nitrogens with one attached hydrogen (secondary N) is 1. The highest BCUT2D eigenvalue weighted by atomic mass is 16.1. The lowest BCUT2D eigenvalue weighted by Crippen LogP contribution is -2.51. The highest BCUT2D eigenvalue weighted by Gasteiger charge is 2.32. The summed E-state index contributed by atoms with van der Waals surface area (Å²) in [6.07, 6.45) is 0.960. The fourth-order valence-corrected chi connectivity index (χ4v) is 2.80. The van der Waals surface area contributed by atoms with Gasteiger partial charge in [-0.15, -0.1) is 0 Å². The van der Waals surface area contributed by atoms with E-state index in [1.165, 1.54) is 10.8 Å². The smallest absolute Gasteiger partial charge is 0.222 e. The van der Waals surface area contributed by atoms with Crippen LogP contribution in [0.2, 0.25) is 0 Å². The Balaban J connectivity index is 1.99. The van der Waals surface area contributed by atoms with Crippen LogP contribution in [0, 0.1) is 6.92 Å². The van der Waals surface area contributed by atoms with Crippen LogP contribution in [0.15, 0.2) is 26.9 Å². The van der Waals surface area contributed by atoms with Crippen LogP contribution in [0.4, 0.5) is 11.5 Å². The Morgan fingerprint density at radius 1 is 1.27 bits per heavy atom. The summed E-state index contributed by atoms with van der Waals surface area (Å²) in [5.41, 5.74) is 20.1. The number of hydrogen-bond donors (Lipinski definition) is 4. The molecule has 2 aliphatic rings. The monoisotopic (exact) mass is 358 g/mol. The zero-order valence-electron chi connectivity index (χ0n) is 15.1. The third-order valence-corrected chi connectivity index (χ3v) is 4.30. The third-order valence-electron chi connectivity index (χ3n) is 4.30. The molecule has 0 aliphatic carbocycles. The first-order chi connectivity index (χ1) is 12.2. The quantitative estimate of drug-likeness (QED) is 0.522. The normalized spacial score (nSPS) is 24.7. The topological polar surface area (TPSA) is 165 Å². The number of carbonyl (C=O) groups excluding carboxylic acids is 1. The lowest BCUT2D eigenvalue weighted by molar-refractivity contribution is -0.109. The molecule has 3 heterocycles. The summed E-state index contributed by atoms with van der Waals surface area (Å²) in [4.78, 5) is 20.6. The number of amidine groups is 2. The largest absolute Gasteiger partial charge is 0.382 e. The lowest BCUT2D eigenvalue weighted by atomic mass is 10.1. The van der Waals surface area contributed by atoms with Gasteiger partial charge in [0, 0.05) is 20.2 Å². The minimum atomic E-state index is -0.406. The molecule has 2 atom stereocenters. The first kappa shape index (κ1) is 17.6. The molecule has 0 aromatic carbocycles. The molecular weight excluding hydrogens is 336 g/mol. The van der Waals surface area contributed by atoms with Crippen LogP contribution in [-0.4, -0.2) is 57.2 Å². The van der Waals surface area contributed by atoms with Crippen molar-refractivity contribution in [2.75, 3.05) is 12.8 Å². The van der Waals surface area contributed by atoms with Crippen LogP contribution in [-0.2, 0) is 11.8 Å². The van der Waals surface area contributed by atoms with Crippen LogP contribution in [0.25, 0.3) is 0 Å². The van der Waals surface area contributed by atoms with Gasteiger partial charge in [0.2, 0.25) is 5.78 Å². The van der Waals surface area contributed by atoms with E-state index in [2.05, 4.69) is 25.5 Å². The summed E-state index contributed by atoms with van der Waals surface area (Å²) < 4.78 is 1.52. The number of nitrogen functional groups attached to an aromatic ring is 1. The Kier molecular flexibility index (Phi) is 4.24. The Morgan fingerprint density at radius 3 is 2.50 bits per heavy atom. The summed E-state index contributed by atoms with van der Waals surface area (Å²) in [5.74, 6) is 0.0685. The van der Waals surface area contributed by atoms with Gasteiger partial charge in [-0.05, 0) is 13.8 Å². The zero-order chi connectivity index (χ0) is 19.2. The van der Waals surface area contributed by atoms with E-state index in [-0.39, 0.29) is 23.9 Å². The van der Waals surface area contributed by atoms with Crippen molar-refractivity contribution in [3.63, 3.8) is 0 Å². The zero-order valence-corrected chi connectivity index (χ0v) is 15.1. The number of nitrogens with two attached hydrogens (primary N) is 3. The molecule has 138 valence electrons. The van der Waals surface area contributed by atoms with Gasteiger partial charge in [0.05, 0.1) is 17.1 Å². The number of carbonyl (C=O) groups is 1. The van der Waals surface area contributed by atoms with Gasteiger partial charge < -0.3 is 22.5 Å². The van der Waals surface area contributed by atoms with Crippen molar-refractivity contribution in [2.24, 2.45) is 33.6 Å². The molecule has 0 radical (unpaired) electrons. The van der Waals surface area contributed by atoms with Gasteiger partial charge in [-0.3, -0.25) is 14.5 Å². The number of likely N-dealkylation sites (N-methyl/N-ethyl adjacent to an activating group) is 1. The van der Waals surface area contributed by atoms with E-state index in [4.69, 9.17) is 17.2 Å². The number of aryl methyl sites for hydroxylation is 2. The molecular formula is C15H22N10O. The number of nitrogens with zero attached hydrogens (tertiary/aromatic N) is 6. The van der Waals surface area contributed by atoms with Gasteiger partial charge in [0.1, 0.15) is 23.7 Å². The molecule has 26 heavy (non-hydrogen) atoms. The van der Waals surface area contributed by atoms with Gasteiger partial charge in [-0.2, -0.15) is 10.2 Å². The van der Waals surface area contributed by atoms with Crippen molar-refractivity contribution < 1.29 is 4.79 Å². The first-order valence-corrected chi connectivity index (χ1v) is 7.97. The molecule has 1 aromatic rings. The maximum absolute atomic E-state index is 12.0. The molecule has 11 nitrogen and oxygen atoms in total. The Bertz CT molecular complexity index is 890. The minimum absolute atomic E-state index is 0.146. The van der Waals surface area contributed by atoms with E-state index in [1.807, 2.05) is 6.92 Å². The van der Waals surface area contributed by atoms with E-state index in [0.717, 1.165) is 5.71 Å². The Hall–Kier alpha value is -3.21. The number of aliphatic imine (C=N–C) groups is 2. The van der Waals surface area contributed by atoms with Crippen molar-refractivity contribution in [1.82, 2.24) is 20.1 Å². The average Bonchev–Trinajstić information content (AvgIpc) is 2.95. The van der Waals surface area contributed by atoms with Gasteiger partial charge >= 0.3 is 0 Å². The number of hydrazone groups is 1. The van der Waals surface area contributed by atoms with Crippen LogP contribution in [0.1, 0.15) is 12.6 Å². The SMILES string of the molecule is CC1=NN(C)C(N)C1NC1=CC(=O)C(N)=N/C1=N\c1c(C)nn(C)c1N. The van der Waals surface area contributed by atoms with Gasteiger partial charge in [0.15, 0.2) is 11.7 Å². The van der Waals surface area contributed by atoms with E-state index in [1.54, 1.807) is 26.0 Å². The highest BCUT2D eigenvalue weighted by Crippen LogP contribution is 2.27. The van der Waals surface area contributed by atoms with Crippen molar-refractivity contribution in [2.45, 2.75) is 26.1 Å². The molecule has 0 saturated carbocycles. The number of ketones is 1. The van der Waals surface area contributed by atoms with Crippen molar-refractivity contribution in [3.8, 4) is 0 Å². The average molecular weight is 358 g/mol. The summed E-state index contributed by atoms with van der Waals surface area (Å²) in [6, 6.07) is -0.300. The second-order valence-corrected chi connectivity index (χ2v) is 6.23. The van der Waals surface area contributed by atoms with E-state index in [9.17, 15) is 4.79 Å². The van der Waals surface area contributed by atoms with E-state index in [0.29, 0.717) is 22.9 Å². The van der Waals surface area contributed by atoms with Gasteiger partial charge in [-0.1, -0.05) is 0 Å². The predicted molar refractivity (Wildman–Crippen MR) is 99.9 cm³/mol. The van der Waals surface area contributed by atoms with Crippen LogP contribution < -0.4 is 22.5 Å². The molecule has 0 bridgehead atoms. The molecule has 11 heteroatoms. The van der Waals surface area contributed by atoms with E-state index < -0.39 is 5.78 Å². The molecule has 0 spiro atoms. The van der Waals surface area contributed by atoms with Crippen molar-refractivity contribution >= 4 is 34.7 Å². The minimum Gasteiger partial charge on any atom is -0.382 e. The molecule has 2 unspecified atom stereocenters. The molecule has 3 rings (SSSR count). The van der Waals surface area contributed by atoms with E-state index >= 15 is 0 Å². The van der Waals surface area contributed by atoms with Crippen molar-refractivity contribution in [1.29, 1.82) is 0 Å². The van der Waals surface area contributed by atoms with Crippen LogP contribution >= 0.6 is 0 Å². The summed E-state index contributed by atoms with van der Waals surface area (Å²) in [6.45, 7) is 3.64. The number of aromatic nitrogens is 2. The lowest BCUT2D eigenvalue weighted by Gasteiger charge is -2.24. The summed E-state index contributed by atoms with van der Waals surface area (Å²) >= 11 is 0. The molecule has 1 aromatic heterocycles. The maximum Gasteiger partial charge on any atom is 0.222 e. The maximum atomic E-state index is 12.0. The van der Waals surface area contributed by atoms with Gasteiger partial charge in [-0.25, -0.2) is 9.98 Å². The second-order valence-electron chi connectivity index (χ2n) is 6.23. The number of anilines is 1. The molecule has 0 saturated heterocycles. The second kappa shape index (κ2) is 6.26. The molecule has 0 amide bonds. The predicted octanol–water partition coefficient (Wildman–Crippen LogP) is -1.27. The number of rotatable bonds is 3. The molecule has 2 aliphatic heterocycles. The third kappa shape index (κ3) is 2.92. The fraction of sp³-hybridized carbons (Fsp3) is 0.400. The van der Waals surface area contributed by atoms with Crippen molar-refractivity contribution in [3.05, 3.63) is 17.5 Å².